The predicted molar refractivity (Wildman–Crippen MR) is 256 cm³/mol. The van der Waals surface area contributed by atoms with Gasteiger partial charge in [-0.25, -0.2) is 13.6 Å². The van der Waals surface area contributed by atoms with Gasteiger partial charge in [-0.05, 0) is 63.1 Å². The molecule has 5 N–H and O–H groups in total. The van der Waals surface area contributed by atoms with Gasteiger partial charge < -0.3 is 35.4 Å². The summed E-state index contributed by atoms with van der Waals surface area (Å²) in [6, 6.07) is 11.6. The molecule has 2 aliphatic heterocycles. The number of carbonyl (C=O) groups is 4. The second kappa shape index (κ2) is 20.7. The Labute approximate surface area is 396 Å². The number of nitrogens with zero attached hydrogens (tertiary/aromatic N) is 4. The van der Waals surface area contributed by atoms with Crippen LogP contribution >= 0.6 is 27.0 Å². The van der Waals surface area contributed by atoms with E-state index in [1.807, 2.05) is 0 Å². The molecular formula is C46H52F2N6O11S2. The fourth-order valence-electron chi connectivity index (χ4n) is 7.57. The summed E-state index contributed by atoms with van der Waals surface area (Å²) in [5, 5.41) is 36.0. The van der Waals surface area contributed by atoms with E-state index >= 15 is 0 Å². The van der Waals surface area contributed by atoms with Crippen molar-refractivity contribution in [2.45, 2.75) is 79.7 Å². The maximum absolute atomic E-state index is 13.3. The van der Waals surface area contributed by atoms with E-state index in [0.29, 0.717) is 23.2 Å². The van der Waals surface area contributed by atoms with Crippen LogP contribution in [0.2, 0.25) is 0 Å². The quantitative estimate of drug-likeness (QED) is 0.117. The number of ether oxygens (including phenoxy) is 2. The van der Waals surface area contributed by atoms with Crippen molar-refractivity contribution >= 4 is 72.6 Å². The number of aromatic nitrogens is 4. The van der Waals surface area contributed by atoms with E-state index in [0.717, 1.165) is 17.1 Å². The number of nitrogens with one attached hydrogen (secondary N) is 2. The number of rotatable bonds is 9. The first kappa shape index (κ1) is 54.3. The first-order chi connectivity index (χ1) is 29.8. The van der Waals surface area contributed by atoms with Crippen molar-refractivity contribution in [3.8, 4) is 23.0 Å². The number of benzene rings is 2. The number of likely N-dealkylation sites (N-methyl/N-ethyl adjacent to an activating group) is 1. The van der Waals surface area contributed by atoms with Crippen LogP contribution in [0.1, 0.15) is 85.5 Å². The first-order valence-electron chi connectivity index (χ1n) is 19.5. The van der Waals surface area contributed by atoms with Crippen molar-refractivity contribution in [3.05, 3.63) is 127 Å². The van der Waals surface area contributed by atoms with E-state index in [9.17, 15) is 52.9 Å². The number of pyridine rings is 4. The SMILES string of the molecule is C.C.CC(=O)c1c(O)c2ncc(Cc3ccc(F)cc3)c3c2n(c1=O)C[C@@](C)(C(=O)O)O3.CCNC(=O)[C@]1(C)Cn2c(=O)c(C(=O)NC)c(O)c3ncc(Cc4ccc(F)cc4)c(c32)O1.S.S. The van der Waals surface area contributed by atoms with Crippen molar-refractivity contribution in [1.29, 1.82) is 0 Å². The third-order valence-electron chi connectivity index (χ3n) is 10.8. The van der Waals surface area contributed by atoms with Crippen LogP contribution < -0.4 is 31.2 Å². The molecule has 2 amide bonds. The molecule has 6 heterocycles. The van der Waals surface area contributed by atoms with E-state index < -0.39 is 74.3 Å². The van der Waals surface area contributed by atoms with Crippen LogP contribution in [0.5, 0.6) is 23.0 Å². The Morgan fingerprint density at radius 2 is 1.13 bits per heavy atom. The summed E-state index contributed by atoms with van der Waals surface area (Å²) >= 11 is 0. The Hall–Kier alpha value is -7.00. The van der Waals surface area contributed by atoms with Crippen molar-refractivity contribution in [2.75, 3.05) is 13.6 Å². The average molecular weight is 967 g/mol. The first-order valence-corrected chi connectivity index (χ1v) is 19.5. The largest absolute Gasteiger partial charge is 0.505 e. The Balaban J connectivity index is 0.000000336. The molecule has 0 saturated heterocycles. The van der Waals surface area contributed by atoms with E-state index in [2.05, 4.69) is 20.6 Å². The lowest BCUT2D eigenvalue weighted by molar-refractivity contribution is -0.155. The number of amides is 2. The zero-order chi connectivity index (χ0) is 45.7. The maximum Gasteiger partial charge on any atom is 0.349 e. The van der Waals surface area contributed by atoms with Crippen molar-refractivity contribution in [3.63, 3.8) is 0 Å². The Bertz CT molecular complexity index is 3040. The number of hydrogen-bond acceptors (Lipinski definition) is 12. The van der Waals surface area contributed by atoms with Gasteiger partial charge in [-0.15, -0.1) is 0 Å². The van der Waals surface area contributed by atoms with Crippen LogP contribution in [-0.4, -0.2) is 82.8 Å². The molecule has 21 heteroatoms. The van der Waals surface area contributed by atoms with Crippen LogP contribution in [-0.2, 0) is 35.5 Å². The Morgan fingerprint density at radius 3 is 1.54 bits per heavy atom. The molecule has 4 aromatic heterocycles. The molecule has 0 unspecified atom stereocenters. The third kappa shape index (κ3) is 9.78. The van der Waals surface area contributed by atoms with Crippen LogP contribution in [0.25, 0.3) is 22.1 Å². The summed E-state index contributed by atoms with van der Waals surface area (Å²) in [6.45, 7) is 5.56. The smallest absolute Gasteiger partial charge is 0.349 e. The molecule has 0 aliphatic carbocycles. The molecule has 2 aromatic carbocycles. The molecule has 0 saturated carbocycles. The van der Waals surface area contributed by atoms with Crippen LogP contribution in [0.3, 0.4) is 0 Å². The minimum atomic E-state index is -1.78. The van der Waals surface area contributed by atoms with Gasteiger partial charge in [0.2, 0.25) is 11.2 Å². The Kier molecular flexibility index (Phi) is 16.8. The molecule has 2 aliphatic rings. The van der Waals surface area contributed by atoms with Gasteiger partial charge in [-0.3, -0.25) is 43.1 Å². The number of carboxylic acid groups (broad SMARTS) is 1. The highest BCUT2D eigenvalue weighted by atomic mass is 32.1. The molecule has 17 nitrogen and oxygen atoms in total. The number of Topliss-reactive ketones (excluding diaryl/α,β-unsaturated/α-hetero) is 1. The molecule has 0 spiro atoms. The summed E-state index contributed by atoms with van der Waals surface area (Å²) in [7, 11) is 1.34. The summed E-state index contributed by atoms with van der Waals surface area (Å²) < 4.78 is 40.9. The van der Waals surface area contributed by atoms with E-state index in [1.165, 1.54) is 55.2 Å². The number of halogens is 2. The molecule has 0 bridgehead atoms. The number of hydrogen-bond donors (Lipinski definition) is 5. The zero-order valence-electron chi connectivity index (χ0n) is 35.5. The van der Waals surface area contributed by atoms with Crippen molar-refractivity contribution in [2.24, 2.45) is 0 Å². The molecule has 2 atom stereocenters. The molecule has 8 rings (SSSR count). The second-order valence-corrected chi connectivity index (χ2v) is 15.4. The summed E-state index contributed by atoms with van der Waals surface area (Å²) in [5.41, 5.74) is -3.04. The summed E-state index contributed by atoms with van der Waals surface area (Å²) in [6.07, 6.45) is 3.33. The maximum atomic E-state index is 13.3. The van der Waals surface area contributed by atoms with Gasteiger partial charge in [-0.1, -0.05) is 39.1 Å². The molecule has 0 radical (unpaired) electrons. The van der Waals surface area contributed by atoms with Gasteiger partial charge in [0.05, 0.1) is 13.1 Å². The van der Waals surface area contributed by atoms with Gasteiger partial charge in [-0.2, -0.15) is 27.0 Å². The van der Waals surface area contributed by atoms with E-state index in [1.54, 1.807) is 38.1 Å². The summed E-state index contributed by atoms with van der Waals surface area (Å²) in [4.78, 5) is 83.8. The lowest BCUT2D eigenvalue weighted by atomic mass is 9.98. The molecule has 67 heavy (non-hydrogen) atoms. The fraction of sp³-hybridized carbons (Fsp3) is 0.304. The van der Waals surface area contributed by atoms with E-state index in [4.69, 9.17) is 9.47 Å². The van der Waals surface area contributed by atoms with Crippen LogP contribution in [0.15, 0.2) is 70.5 Å². The summed E-state index contributed by atoms with van der Waals surface area (Å²) in [5.74, 6) is -4.81. The van der Waals surface area contributed by atoms with Gasteiger partial charge in [0.15, 0.2) is 28.8 Å². The number of ketones is 1. The van der Waals surface area contributed by atoms with Crippen molar-refractivity contribution < 1.29 is 52.8 Å². The normalized spacial score (nSPS) is 16.2. The average Bonchev–Trinajstić information content (AvgIpc) is 3.24. The lowest BCUT2D eigenvalue weighted by Crippen LogP contribution is -2.55. The molecule has 358 valence electrons. The van der Waals surface area contributed by atoms with Gasteiger partial charge in [0.1, 0.15) is 44.8 Å². The van der Waals surface area contributed by atoms with Gasteiger partial charge in [0.25, 0.3) is 22.9 Å². The van der Waals surface area contributed by atoms with Gasteiger partial charge >= 0.3 is 5.97 Å². The minimum Gasteiger partial charge on any atom is -0.505 e. The van der Waals surface area contributed by atoms with Crippen LogP contribution in [0, 0.1) is 11.6 Å². The minimum absolute atomic E-state index is 0. The second-order valence-electron chi connectivity index (χ2n) is 15.4. The number of aromatic hydroxyl groups is 2. The van der Waals surface area contributed by atoms with Crippen molar-refractivity contribution in [1.82, 2.24) is 29.7 Å². The number of carboxylic acids is 1. The van der Waals surface area contributed by atoms with Gasteiger partial charge in [0, 0.05) is 50.0 Å². The Morgan fingerprint density at radius 1 is 0.731 bits per heavy atom. The number of carbonyl (C=O) groups excluding carboxylic acids is 3. The predicted octanol–water partition coefficient (Wildman–Crippen LogP) is 5.25. The van der Waals surface area contributed by atoms with E-state index in [-0.39, 0.29) is 107 Å². The lowest BCUT2D eigenvalue weighted by Gasteiger charge is -2.36. The molecular weight excluding hydrogens is 915 g/mol. The standard InChI is InChI=1S/C23H23FN4O5.C21H17FN2O6.2CH4.2H2S/c1-4-26-22(32)23(2)11-28-17-16(18(29)15(21(28)31)20(30)25-3)27-10-13(19(17)33-23)9-12-5-7-14(24)8-6-12;1-10(25)14-17(26)15-16-18(30-21(2,20(28)29)9-24(16)19(14)27)12(8-23-15)7-11-3-5-13(22)6-4-11;;;;/h5-8,10,29H,4,9,11H2,1-3H3,(H,25,30)(H,26,32);3-6,8,26H,7,9H2,1-2H3,(H,28,29);2*1H4;2*1H2/t23-;21-;;;;/m00..../s1. The molecule has 6 aromatic rings. The van der Waals surface area contributed by atoms with Crippen LogP contribution in [0.4, 0.5) is 8.78 Å². The highest BCUT2D eigenvalue weighted by Gasteiger charge is 2.44. The monoisotopic (exact) mass is 966 g/mol. The number of aliphatic carboxylic acids is 1. The fourth-order valence-corrected chi connectivity index (χ4v) is 7.57. The highest BCUT2D eigenvalue weighted by Crippen LogP contribution is 2.42. The highest BCUT2D eigenvalue weighted by molar-refractivity contribution is 7.59. The third-order valence-corrected chi connectivity index (χ3v) is 10.8. The zero-order valence-corrected chi connectivity index (χ0v) is 37.5. The molecule has 0 fully saturated rings. The topological polar surface area (TPSA) is 241 Å².